The van der Waals surface area contributed by atoms with Crippen LogP contribution in [0.2, 0.25) is 0 Å². The lowest BCUT2D eigenvalue weighted by Crippen LogP contribution is -2.30. The summed E-state index contributed by atoms with van der Waals surface area (Å²) < 4.78 is 2.20. The molecule has 0 spiro atoms. The zero-order valence-electron chi connectivity index (χ0n) is 15.5. The van der Waals surface area contributed by atoms with Crippen LogP contribution in [-0.2, 0) is 13.6 Å². The van der Waals surface area contributed by atoms with Crippen LogP contribution in [0.15, 0.2) is 24.5 Å². The zero-order chi connectivity index (χ0) is 17.4. The molecule has 25 heavy (non-hydrogen) atoms. The average Bonchev–Trinajstić information content (AvgIpc) is 3.30. The predicted molar refractivity (Wildman–Crippen MR) is 97.0 cm³/mol. The summed E-state index contributed by atoms with van der Waals surface area (Å²) in [6, 6.07) is 4.70. The van der Waals surface area contributed by atoms with Crippen molar-refractivity contribution in [2.75, 3.05) is 27.2 Å². The molecule has 1 saturated heterocycles. The van der Waals surface area contributed by atoms with Crippen molar-refractivity contribution < 1.29 is 0 Å². The lowest BCUT2D eigenvalue weighted by Gasteiger charge is -2.28. The maximum absolute atomic E-state index is 4.43. The van der Waals surface area contributed by atoms with E-state index in [1.165, 1.54) is 24.8 Å². The van der Waals surface area contributed by atoms with Gasteiger partial charge in [-0.25, -0.2) is 0 Å². The van der Waals surface area contributed by atoms with Crippen molar-refractivity contribution in [3.8, 4) is 0 Å². The smallest absolute Gasteiger partial charge is 0.146 e. The maximum Gasteiger partial charge on any atom is 0.146 e. The van der Waals surface area contributed by atoms with Crippen LogP contribution in [0.25, 0.3) is 0 Å². The fourth-order valence-electron chi connectivity index (χ4n) is 4.21. The van der Waals surface area contributed by atoms with Crippen molar-refractivity contribution in [2.45, 2.75) is 37.8 Å². The van der Waals surface area contributed by atoms with Crippen LogP contribution < -0.4 is 0 Å². The highest BCUT2D eigenvalue weighted by atomic mass is 15.3. The third-order valence-corrected chi connectivity index (χ3v) is 5.70. The number of pyridine rings is 1. The average molecular weight is 340 g/mol. The van der Waals surface area contributed by atoms with E-state index in [2.05, 4.69) is 56.8 Å². The summed E-state index contributed by atoms with van der Waals surface area (Å²) in [7, 11) is 6.53. The summed E-state index contributed by atoms with van der Waals surface area (Å²) in [5.74, 6) is 3.51. The molecule has 0 aromatic carbocycles. The van der Waals surface area contributed by atoms with E-state index in [1.54, 1.807) is 0 Å². The summed E-state index contributed by atoms with van der Waals surface area (Å²) in [5.41, 5.74) is 1.33. The first-order valence-electron chi connectivity index (χ1n) is 9.30. The van der Waals surface area contributed by atoms with Gasteiger partial charge in [-0.3, -0.25) is 14.8 Å². The van der Waals surface area contributed by atoms with Gasteiger partial charge in [0.15, 0.2) is 0 Å². The van der Waals surface area contributed by atoms with Crippen LogP contribution >= 0.6 is 0 Å². The molecule has 1 aliphatic heterocycles. The van der Waals surface area contributed by atoms with Gasteiger partial charge in [-0.05, 0) is 57.5 Å². The van der Waals surface area contributed by atoms with Crippen LogP contribution in [0.5, 0.6) is 0 Å². The minimum absolute atomic E-state index is 0.456. The van der Waals surface area contributed by atoms with Crippen molar-refractivity contribution in [1.29, 1.82) is 0 Å². The molecule has 0 radical (unpaired) electrons. The van der Waals surface area contributed by atoms with E-state index in [0.29, 0.717) is 17.9 Å². The van der Waals surface area contributed by atoms with Crippen molar-refractivity contribution >= 4 is 0 Å². The predicted octanol–water partition coefficient (Wildman–Crippen LogP) is 2.21. The second-order valence-electron chi connectivity index (χ2n) is 7.77. The van der Waals surface area contributed by atoms with E-state index in [9.17, 15) is 0 Å². The Morgan fingerprint density at radius 3 is 2.76 bits per heavy atom. The van der Waals surface area contributed by atoms with Gasteiger partial charge in [0.1, 0.15) is 11.6 Å². The number of aromatic nitrogens is 4. The first kappa shape index (κ1) is 16.7. The molecule has 2 aliphatic rings. The molecule has 3 heterocycles. The van der Waals surface area contributed by atoms with Crippen LogP contribution in [0.4, 0.5) is 0 Å². The van der Waals surface area contributed by atoms with Crippen molar-refractivity contribution in [1.82, 2.24) is 29.5 Å². The second kappa shape index (κ2) is 6.84. The minimum atomic E-state index is 0.456. The molecule has 0 unspecified atom stereocenters. The monoisotopic (exact) mass is 340 g/mol. The molecule has 4 rings (SSSR count). The number of rotatable bonds is 6. The maximum atomic E-state index is 4.43. The first-order chi connectivity index (χ1) is 12.1. The quantitative estimate of drug-likeness (QED) is 0.807. The van der Waals surface area contributed by atoms with Crippen molar-refractivity contribution in [3.05, 3.63) is 41.7 Å². The Morgan fingerprint density at radius 1 is 1.20 bits per heavy atom. The first-order valence-corrected chi connectivity index (χ1v) is 9.30. The molecule has 2 aromatic heterocycles. The van der Waals surface area contributed by atoms with Gasteiger partial charge in [0.05, 0.1) is 6.54 Å². The van der Waals surface area contributed by atoms with Crippen LogP contribution in [-0.4, -0.2) is 56.7 Å². The zero-order valence-corrected chi connectivity index (χ0v) is 15.5. The summed E-state index contributed by atoms with van der Waals surface area (Å²) >= 11 is 0. The van der Waals surface area contributed by atoms with Gasteiger partial charge in [-0.15, -0.1) is 10.2 Å². The Balaban J connectivity index is 1.42. The summed E-state index contributed by atoms with van der Waals surface area (Å²) in [5, 5.41) is 8.84. The largest absolute Gasteiger partial charge is 0.317 e. The minimum Gasteiger partial charge on any atom is -0.317 e. The molecule has 6 heteroatoms. The Bertz CT molecular complexity index is 708. The van der Waals surface area contributed by atoms with Gasteiger partial charge < -0.3 is 4.57 Å². The third-order valence-electron chi connectivity index (χ3n) is 5.70. The molecule has 0 amide bonds. The molecule has 2 fully saturated rings. The SMILES string of the molecule is CN(Cc1nnc(C2CC2)n1C)C[C@@H]1CCN(C)[C@H]1c1cccnc1. The highest BCUT2D eigenvalue weighted by molar-refractivity contribution is 5.17. The number of hydrogen-bond acceptors (Lipinski definition) is 5. The van der Waals surface area contributed by atoms with Crippen molar-refractivity contribution in [3.63, 3.8) is 0 Å². The Hall–Kier alpha value is -1.79. The van der Waals surface area contributed by atoms with E-state index >= 15 is 0 Å². The molecular formula is C19H28N6. The highest BCUT2D eigenvalue weighted by Gasteiger charge is 2.34. The van der Waals surface area contributed by atoms with E-state index < -0.39 is 0 Å². The Labute approximate surface area is 149 Å². The Kier molecular flexibility index (Phi) is 4.56. The molecular weight excluding hydrogens is 312 g/mol. The lowest BCUT2D eigenvalue weighted by molar-refractivity contribution is 0.210. The lowest BCUT2D eigenvalue weighted by atomic mass is 9.94. The van der Waals surface area contributed by atoms with E-state index in [4.69, 9.17) is 0 Å². The second-order valence-corrected chi connectivity index (χ2v) is 7.77. The molecule has 6 nitrogen and oxygen atoms in total. The molecule has 0 bridgehead atoms. The highest BCUT2D eigenvalue weighted by Crippen LogP contribution is 2.39. The number of likely N-dealkylation sites (tertiary alicyclic amines) is 1. The third kappa shape index (κ3) is 3.46. The van der Waals surface area contributed by atoms with Gasteiger partial charge in [-0.1, -0.05) is 6.07 Å². The normalized spacial score (nSPS) is 24.3. The molecule has 0 N–H and O–H groups in total. The van der Waals surface area contributed by atoms with Crippen LogP contribution in [0, 0.1) is 5.92 Å². The Morgan fingerprint density at radius 2 is 2.04 bits per heavy atom. The van der Waals surface area contributed by atoms with Gasteiger partial charge >= 0.3 is 0 Å². The van der Waals surface area contributed by atoms with Crippen LogP contribution in [0.1, 0.15) is 48.4 Å². The van der Waals surface area contributed by atoms with E-state index in [1.807, 2.05) is 18.5 Å². The van der Waals surface area contributed by atoms with Gasteiger partial charge in [0.2, 0.25) is 0 Å². The van der Waals surface area contributed by atoms with Crippen molar-refractivity contribution in [2.24, 2.45) is 13.0 Å². The van der Waals surface area contributed by atoms with Gasteiger partial charge in [0, 0.05) is 37.9 Å². The number of hydrogen-bond donors (Lipinski definition) is 0. The molecule has 134 valence electrons. The molecule has 1 aliphatic carbocycles. The standard InChI is InChI=1S/C19H28N6/c1-23(13-17-21-22-19(25(17)3)14-6-7-14)12-16-8-10-24(2)18(16)15-5-4-9-20-11-15/h4-5,9,11,14,16,18H,6-8,10,12-13H2,1-3H3/t16-,18-/m0/s1. The molecule has 1 saturated carbocycles. The van der Waals surface area contributed by atoms with E-state index in [0.717, 1.165) is 31.3 Å². The van der Waals surface area contributed by atoms with Gasteiger partial charge in [0.25, 0.3) is 0 Å². The fourth-order valence-corrected chi connectivity index (χ4v) is 4.21. The topological polar surface area (TPSA) is 50.1 Å². The number of nitrogens with zero attached hydrogens (tertiary/aromatic N) is 6. The van der Waals surface area contributed by atoms with E-state index in [-0.39, 0.29) is 0 Å². The molecule has 2 aromatic rings. The summed E-state index contributed by atoms with van der Waals surface area (Å²) in [6.07, 6.45) is 7.63. The fraction of sp³-hybridized carbons (Fsp3) is 0.632. The molecule has 2 atom stereocenters. The van der Waals surface area contributed by atoms with Gasteiger partial charge in [-0.2, -0.15) is 0 Å². The summed E-state index contributed by atoms with van der Waals surface area (Å²) in [4.78, 5) is 9.18. The summed E-state index contributed by atoms with van der Waals surface area (Å²) in [6.45, 7) is 3.07. The van der Waals surface area contributed by atoms with Crippen LogP contribution in [0.3, 0.4) is 0 Å².